The Balaban J connectivity index is 1.85. The van der Waals surface area contributed by atoms with Crippen LogP contribution in [0.4, 0.5) is 0 Å². The molecule has 1 aromatic heterocycles. The first-order chi connectivity index (χ1) is 12.1. The van der Waals surface area contributed by atoms with Gasteiger partial charge >= 0.3 is 0 Å². The summed E-state index contributed by atoms with van der Waals surface area (Å²) in [6.07, 6.45) is 0.697. The van der Waals surface area contributed by atoms with Crippen LogP contribution < -0.4 is 0 Å². The van der Waals surface area contributed by atoms with E-state index in [1.165, 1.54) is 0 Å². The fourth-order valence-electron chi connectivity index (χ4n) is 3.26. The third-order valence-electron chi connectivity index (χ3n) is 4.51. The van der Waals surface area contributed by atoms with Crippen LogP contribution in [0.5, 0.6) is 0 Å². The van der Waals surface area contributed by atoms with E-state index in [9.17, 15) is 4.79 Å². The van der Waals surface area contributed by atoms with Gasteiger partial charge in [-0.3, -0.25) is 9.89 Å². The van der Waals surface area contributed by atoms with Crippen LogP contribution in [0, 0.1) is 0 Å². The van der Waals surface area contributed by atoms with Crippen molar-refractivity contribution in [3.05, 3.63) is 52.8 Å². The molecule has 0 fully saturated rings. The molecular formula is C19H25N3O3. The summed E-state index contributed by atoms with van der Waals surface area (Å²) < 4.78 is 11.0. The molecule has 0 saturated heterocycles. The van der Waals surface area contributed by atoms with Crippen molar-refractivity contribution in [1.82, 2.24) is 15.1 Å². The molecule has 1 aliphatic rings. The van der Waals surface area contributed by atoms with Crippen LogP contribution in [0.25, 0.3) is 0 Å². The highest BCUT2D eigenvalue weighted by atomic mass is 16.5. The molecule has 1 aromatic carbocycles. The quantitative estimate of drug-likeness (QED) is 0.876. The lowest BCUT2D eigenvalue weighted by atomic mass is 9.99. The van der Waals surface area contributed by atoms with Gasteiger partial charge in [-0.05, 0) is 19.4 Å². The fourth-order valence-corrected chi connectivity index (χ4v) is 3.26. The molecule has 2 aromatic rings. The van der Waals surface area contributed by atoms with Crippen LogP contribution in [0.2, 0.25) is 0 Å². The number of aromatic nitrogens is 2. The summed E-state index contributed by atoms with van der Waals surface area (Å²) in [5.41, 5.74) is 3.48. The van der Waals surface area contributed by atoms with Crippen LogP contribution >= 0.6 is 0 Å². The summed E-state index contributed by atoms with van der Waals surface area (Å²) in [5.74, 6) is -0.0697. The van der Waals surface area contributed by atoms with Gasteiger partial charge in [-0.15, -0.1) is 0 Å². The van der Waals surface area contributed by atoms with Crippen LogP contribution in [-0.4, -0.2) is 47.4 Å². The first-order valence-electron chi connectivity index (χ1n) is 8.65. The lowest BCUT2D eigenvalue weighted by Gasteiger charge is -2.26. The molecule has 3 rings (SSSR count). The third-order valence-corrected chi connectivity index (χ3v) is 4.51. The van der Waals surface area contributed by atoms with Gasteiger partial charge in [0.2, 0.25) is 0 Å². The molecule has 1 amide bonds. The second-order valence-electron chi connectivity index (χ2n) is 6.46. The topological polar surface area (TPSA) is 67.5 Å². The van der Waals surface area contributed by atoms with Gasteiger partial charge in [0.05, 0.1) is 24.5 Å². The minimum Gasteiger partial charge on any atom is -0.383 e. The highest BCUT2D eigenvalue weighted by Gasteiger charge is 2.31. The molecule has 2 atom stereocenters. The maximum Gasteiger partial charge on any atom is 0.275 e. The minimum atomic E-state index is -0.0747. The van der Waals surface area contributed by atoms with Crippen molar-refractivity contribution < 1.29 is 14.3 Å². The van der Waals surface area contributed by atoms with E-state index >= 15 is 0 Å². The van der Waals surface area contributed by atoms with Gasteiger partial charge in [0.1, 0.15) is 0 Å². The molecule has 1 aliphatic heterocycles. The molecule has 0 radical (unpaired) electrons. The fraction of sp³-hybridized carbons (Fsp3) is 0.474. The number of fused-ring (bicyclic) bond motifs is 1. The molecule has 134 valence electrons. The molecular weight excluding hydrogens is 318 g/mol. The molecule has 0 spiro atoms. The molecule has 0 unspecified atom stereocenters. The van der Waals surface area contributed by atoms with E-state index < -0.39 is 0 Å². The number of rotatable bonds is 6. The summed E-state index contributed by atoms with van der Waals surface area (Å²) in [7, 11) is 1.64. The summed E-state index contributed by atoms with van der Waals surface area (Å²) in [6.45, 7) is 5.54. The lowest BCUT2D eigenvalue weighted by Crippen LogP contribution is -2.35. The average molecular weight is 343 g/mol. The van der Waals surface area contributed by atoms with Gasteiger partial charge in [0.15, 0.2) is 5.69 Å². The number of methoxy groups -OCH3 is 1. The molecule has 0 aliphatic carbocycles. The zero-order chi connectivity index (χ0) is 17.8. The number of nitrogens with zero attached hydrogens (tertiary/aromatic N) is 2. The van der Waals surface area contributed by atoms with E-state index in [4.69, 9.17) is 9.47 Å². The average Bonchev–Trinajstić information content (AvgIpc) is 3.03. The smallest absolute Gasteiger partial charge is 0.275 e. The number of H-pyrrole nitrogens is 1. The van der Waals surface area contributed by atoms with Gasteiger partial charge in [0, 0.05) is 32.2 Å². The van der Waals surface area contributed by atoms with Crippen molar-refractivity contribution >= 4 is 5.91 Å². The summed E-state index contributed by atoms with van der Waals surface area (Å²) >= 11 is 0. The van der Waals surface area contributed by atoms with Gasteiger partial charge in [-0.1, -0.05) is 30.3 Å². The first kappa shape index (κ1) is 17.6. The summed E-state index contributed by atoms with van der Waals surface area (Å²) in [5, 5.41) is 7.31. The van der Waals surface area contributed by atoms with Crippen molar-refractivity contribution in [3.63, 3.8) is 0 Å². The van der Waals surface area contributed by atoms with Crippen LogP contribution in [0.1, 0.15) is 47.3 Å². The second-order valence-corrected chi connectivity index (χ2v) is 6.46. The van der Waals surface area contributed by atoms with Crippen molar-refractivity contribution in [2.24, 2.45) is 0 Å². The number of amides is 1. The number of carbonyl (C=O) groups is 1. The Morgan fingerprint density at radius 1 is 1.36 bits per heavy atom. The number of hydrogen-bond acceptors (Lipinski definition) is 4. The van der Waals surface area contributed by atoms with Crippen molar-refractivity contribution in [3.8, 4) is 0 Å². The predicted molar refractivity (Wildman–Crippen MR) is 94.3 cm³/mol. The molecule has 0 bridgehead atoms. The molecule has 6 nitrogen and oxygen atoms in total. The predicted octanol–water partition coefficient (Wildman–Crippen LogP) is 2.72. The second kappa shape index (κ2) is 7.80. The number of nitrogens with one attached hydrogen (secondary N) is 1. The van der Waals surface area contributed by atoms with E-state index in [-0.39, 0.29) is 18.1 Å². The van der Waals surface area contributed by atoms with Crippen LogP contribution in [0.15, 0.2) is 30.3 Å². The number of carbonyl (C=O) groups excluding carboxylic acids is 1. The largest absolute Gasteiger partial charge is 0.383 e. The molecule has 25 heavy (non-hydrogen) atoms. The maximum atomic E-state index is 13.1. The molecule has 2 heterocycles. The monoisotopic (exact) mass is 343 g/mol. The molecule has 1 N–H and O–H groups in total. The van der Waals surface area contributed by atoms with Crippen LogP contribution in [0.3, 0.4) is 0 Å². The van der Waals surface area contributed by atoms with E-state index in [0.717, 1.165) is 16.8 Å². The normalized spacial score (nSPS) is 19.5. The minimum absolute atomic E-state index is 0.0697. The first-order valence-corrected chi connectivity index (χ1v) is 8.65. The van der Waals surface area contributed by atoms with Gasteiger partial charge in [0.25, 0.3) is 5.91 Å². The van der Waals surface area contributed by atoms with Crippen molar-refractivity contribution in [2.45, 2.75) is 39.0 Å². The van der Waals surface area contributed by atoms with Crippen LogP contribution in [-0.2, 0) is 22.4 Å². The van der Waals surface area contributed by atoms with Gasteiger partial charge in [-0.25, -0.2) is 0 Å². The van der Waals surface area contributed by atoms with E-state index in [1.54, 1.807) is 12.0 Å². The lowest BCUT2D eigenvalue weighted by molar-refractivity contribution is -0.00703. The Bertz CT molecular complexity index is 714. The van der Waals surface area contributed by atoms with E-state index in [1.807, 2.05) is 44.2 Å². The third kappa shape index (κ3) is 3.91. The molecule has 0 saturated carbocycles. The zero-order valence-corrected chi connectivity index (χ0v) is 15.0. The summed E-state index contributed by atoms with van der Waals surface area (Å²) in [4.78, 5) is 14.9. The van der Waals surface area contributed by atoms with Gasteiger partial charge < -0.3 is 14.4 Å². The number of aromatic amines is 1. The number of ether oxygens (including phenoxy) is 2. The Hall–Kier alpha value is -2.18. The van der Waals surface area contributed by atoms with E-state index in [0.29, 0.717) is 31.8 Å². The molecule has 6 heteroatoms. The van der Waals surface area contributed by atoms with Gasteiger partial charge in [-0.2, -0.15) is 5.10 Å². The van der Waals surface area contributed by atoms with Crippen molar-refractivity contribution in [1.29, 1.82) is 0 Å². The Morgan fingerprint density at radius 3 is 2.84 bits per heavy atom. The Morgan fingerprint density at radius 2 is 2.12 bits per heavy atom. The zero-order valence-electron chi connectivity index (χ0n) is 15.0. The van der Waals surface area contributed by atoms with Crippen molar-refractivity contribution in [2.75, 3.05) is 20.3 Å². The maximum absolute atomic E-state index is 13.1. The highest BCUT2D eigenvalue weighted by Crippen LogP contribution is 2.30. The highest BCUT2D eigenvalue weighted by molar-refractivity contribution is 5.94. The number of hydrogen-bond donors (Lipinski definition) is 1. The number of benzene rings is 1. The standard InChI is InChI=1S/C19H25N3O3/c1-13-11-16-17(14(2)25-13)20-21-18(16)19(23)22(9-10-24-3)12-15-7-5-4-6-8-15/h4-8,13-14H,9-12H2,1-3H3,(H,20,21)/t13-,14+/m0/s1. The SMILES string of the molecule is COCCN(Cc1ccccc1)C(=O)c1n[nH]c2c1C[C@H](C)O[C@@H]2C. The Kier molecular flexibility index (Phi) is 5.50. The summed E-state index contributed by atoms with van der Waals surface area (Å²) in [6, 6.07) is 9.96. The van der Waals surface area contributed by atoms with E-state index in [2.05, 4.69) is 10.2 Å². The Labute approximate surface area is 148 Å².